The highest BCUT2D eigenvalue weighted by Gasteiger charge is 2.17. The van der Waals surface area contributed by atoms with Crippen molar-refractivity contribution in [1.82, 2.24) is 14.3 Å². The zero-order valence-electron chi connectivity index (χ0n) is 16.1. The van der Waals surface area contributed by atoms with Gasteiger partial charge in [-0.3, -0.25) is 14.2 Å². The SMILES string of the molecule is CCCCS(=O)(=O)NC(=O)c1ccc2c(=O)n(Cc3ccc(Cl)cc3Cl)cnc2c1. The first kappa shape index (κ1) is 22.3. The lowest BCUT2D eigenvalue weighted by Gasteiger charge is -2.10. The van der Waals surface area contributed by atoms with Crippen molar-refractivity contribution < 1.29 is 13.2 Å². The molecule has 158 valence electrons. The van der Waals surface area contributed by atoms with Crippen LogP contribution in [-0.2, 0) is 16.6 Å². The van der Waals surface area contributed by atoms with E-state index in [1.807, 2.05) is 11.6 Å². The van der Waals surface area contributed by atoms with Gasteiger partial charge in [0.2, 0.25) is 10.0 Å². The van der Waals surface area contributed by atoms with Crippen LogP contribution in [-0.4, -0.2) is 29.6 Å². The largest absolute Gasteiger partial charge is 0.294 e. The van der Waals surface area contributed by atoms with Crippen LogP contribution in [0.4, 0.5) is 0 Å². The van der Waals surface area contributed by atoms with E-state index in [4.69, 9.17) is 23.2 Å². The molecule has 7 nitrogen and oxygen atoms in total. The van der Waals surface area contributed by atoms with Crippen LogP contribution in [0.15, 0.2) is 47.5 Å². The predicted octanol–water partition coefficient (Wildman–Crippen LogP) is 3.61. The van der Waals surface area contributed by atoms with Crippen LogP contribution in [0.5, 0.6) is 0 Å². The minimum atomic E-state index is -3.71. The lowest BCUT2D eigenvalue weighted by molar-refractivity contribution is 0.0981. The smallest absolute Gasteiger partial charge is 0.264 e. The van der Waals surface area contributed by atoms with Gasteiger partial charge in [0.15, 0.2) is 0 Å². The third-order valence-corrected chi connectivity index (χ3v) is 6.37. The monoisotopic (exact) mass is 467 g/mol. The Morgan fingerprint density at radius 2 is 1.93 bits per heavy atom. The first-order valence-electron chi connectivity index (χ1n) is 9.18. The second-order valence-corrected chi connectivity index (χ2v) is 9.43. The molecule has 2 aromatic carbocycles. The van der Waals surface area contributed by atoms with Gasteiger partial charge in [-0.2, -0.15) is 0 Å². The van der Waals surface area contributed by atoms with Gasteiger partial charge in [0, 0.05) is 15.6 Å². The van der Waals surface area contributed by atoms with E-state index in [-0.39, 0.29) is 28.9 Å². The number of carbonyl (C=O) groups is 1. The number of sulfonamides is 1. The summed E-state index contributed by atoms with van der Waals surface area (Å²) >= 11 is 12.1. The summed E-state index contributed by atoms with van der Waals surface area (Å²) in [6, 6.07) is 9.25. The van der Waals surface area contributed by atoms with Crippen LogP contribution in [0, 0.1) is 0 Å². The number of amides is 1. The molecule has 3 rings (SSSR count). The van der Waals surface area contributed by atoms with Crippen molar-refractivity contribution in [1.29, 1.82) is 0 Å². The number of nitrogens with one attached hydrogen (secondary N) is 1. The van der Waals surface area contributed by atoms with Crippen molar-refractivity contribution in [2.45, 2.75) is 26.3 Å². The first-order chi connectivity index (χ1) is 14.2. The summed E-state index contributed by atoms with van der Waals surface area (Å²) in [5, 5.41) is 1.23. The van der Waals surface area contributed by atoms with Gasteiger partial charge in [-0.25, -0.2) is 18.1 Å². The Morgan fingerprint density at radius 1 is 1.17 bits per heavy atom. The standard InChI is InChI=1S/C20H19Cl2N3O4S/c1-2-3-8-30(28,29)24-19(26)13-5-7-16-18(9-13)23-12-25(20(16)27)11-14-4-6-15(21)10-17(14)22/h4-7,9-10,12H,2-3,8,11H2,1H3,(H,24,26). The molecule has 1 amide bonds. The number of hydrogen-bond acceptors (Lipinski definition) is 5. The van der Waals surface area contributed by atoms with Crippen LogP contribution in [0.3, 0.4) is 0 Å². The number of unbranched alkanes of at least 4 members (excludes halogenated alkanes) is 1. The predicted molar refractivity (Wildman–Crippen MR) is 118 cm³/mol. The van der Waals surface area contributed by atoms with E-state index < -0.39 is 15.9 Å². The van der Waals surface area contributed by atoms with Gasteiger partial charge in [-0.15, -0.1) is 0 Å². The Kier molecular flexibility index (Phi) is 6.80. The summed E-state index contributed by atoms with van der Waals surface area (Å²) in [5.74, 6) is -0.883. The molecule has 0 radical (unpaired) electrons. The van der Waals surface area contributed by atoms with Crippen LogP contribution >= 0.6 is 23.2 Å². The molecule has 3 aromatic rings. The van der Waals surface area contributed by atoms with Crippen molar-refractivity contribution in [2.24, 2.45) is 0 Å². The van der Waals surface area contributed by atoms with E-state index in [9.17, 15) is 18.0 Å². The van der Waals surface area contributed by atoms with Gasteiger partial charge in [-0.1, -0.05) is 42.6 Å². The van der Waals surface area contributed by atoms with Gasteiger partial charge < -0.3 is 0 Å². The highest BCUT2D eigenvalue weighted by Crippen LogP contribution is 2.21. The van der Waals surface area contributed by atoms with Crippen LogP contribution in [0.25, 0.3) is 10.9 Å². The van der Waals surface area contributed by atoms with E-state index in [0.29, 0.717) is 33.8 Å². The number of aromatic nitrogens is 2. The zero-order chi connectivity index (χ0) is 21.9. The number of hydrogen-bond donors (Lipinski definition) is 1. The molecule has 0 fully saturated rings. The Morgan fingerprint density at radius 3 is 2.63 bits per heavy atom. The van der Waals surface area contributed by atoms with Crippen molar-refractivity contribution in [3.8, 4) is 0 Å². The highest BCUT2D eigenvalue weighted by molar-refractivity contribution is 7.90. The maximum Gasteiger partial charge on any atom is 0.264 e. The Labute approximate surface area is 183 Å². The summed E-state index contributed by atoms with van der Waals surface area (Å²) in [4.78, 5) is 29.3. The molecule has 0 unspecified atom stereocenters. The minimum absolute atomic E-state index is 0.105. The fraction of sp³-hybridized carbons (Fsp3) is 0.250. The molecule has 1 aromatic heterocycles. The molecule has 1 N–H and O–H groups in total. The lowest BCUT2D eigenvalue weighted by Crippen LogP contribution is -2.32. The van der Waals surface area contributed by atoms with Crippen molar-refractivity contribution in [3.05, 3.63) is 74.3 Å². The molecule has 0 aliphatic carbocycles. The Bertz CT molecular complexity index is 1270. The molecule has 30 heavy (non-hydrogen) atoms. The van der Waals surface area contributed by atoms with E-state index >= 15 is 0 Å². The molecule has 0 aliphatic rings. The average Bonchev–Trinajstić information content (AvgIpc) is 2.69. The number of carbonyl (C=O) groups excluding carboxylic acids is 1. The normalized spacial score (nSPS) is 11.6. The third-order valence-electron chi connectivity index (χ3n) is 4.46. The molecule has 0 spiro atoms. The van der Waals surface area contributed by atoms with E-state index in [1.165, 1.54) is 29.1 Å². The Balaban J connectivity index is 1.87. The van der Waals surface area contributed by atoms with Gasteiger partial charge in [0.1, 0.15) is 0 Å². The summed E-state index contributed by atoms with van der Waals surface area (Å²) in [7, 11) is -3.71. The number of nitrogens with zero attached hydrogens (tertiary/aromatic N) is 2. The molecule has 10 heteroatoms. The van der Waals surface area contributed by atoms with Crippen LogP contribution in [0.1, 0.15) is 35.7 Å². The summed E-state index contributed by atoms with van der Waals surface area (Å²) in [5.41, 5.74) is 0.788. The number of fused-ring (bicyclic) bond motifs is 1. The topological polar surface area (TPSA) is 98.1 Å². The van der Waals surface area contributed by atoms with Crippen molar-refractivity contribution in [2.75, 3.05) is 5.75 Å². The summed E-state index contributed by atoms with van der Waals surface area (Å²) < 4.78 is 27.3. The van der Waals surface area contributed by atoms with Crippen LogP contribution in [0.2, 0.25) is 10.0 Å². The molecule has 0 atom stereocenters. The van der Waals surface area contributed by atoms with E-state index in [0.717, 1.165) is 0 Å². The lowest BCUT2D eigenvalue weighted by atomic mass is 10.1. The fourth-order valence-electron chi connectivity index (χ4n) is 2.83. The Hall–Kier alpha value is -2.42. The quantitative estimate of drug-likeness (QED) is 0.571. The average molecular weight is 468 g/mol. The van der Waals surface area contributed by atoms with Gasteiger partial charge in [-0.05, 0) is 42.3 Å². The molecular formula is C20H19Cl2N3O4S. The minimum Gasteiger partial charge on any atom is -0.294 e. The maximum absolute atomic E-state index is 12.8. The zero-order valence-corrected chi connectivity index (χ0v) is 18.4. The number of benzene rings is 2. The van der Waals surface area contributed by atoms with Crippen molar-refractivity contribution >= 4 is 50.0 Å². The number of rotatable bonds is 7. The van der Waals surface area contributed by atoms with E-state index in [2.05, 4.69) is 4.98 Å². The highest BCUT2D eigenvalue weighted by atomic mass is 35.5. The summed E-state index contributed by atoms with van der Waals surface area (Å²) in [6.07, 6.45) is 2.51. The van der Waals surface area contributed by atoms with Crippen molar-refractivity contribution in [3.63, 3.8) is 0 Å². The van der Waals surface area contributed by atoms with Gasteiger partial charge >= 0.3 is 0 Å². The fourth-order valence-corrected chi connectivity index (χ4v) is 4.47. The third kappa shape index (κ3) is 5.19. The van der Waals surface area contributed by atoms with Gasteiger partial charge in [0.25, 0.3) is 11.5 Å². The second-order valence-electron chi connectivity index (χ2n) is 6.75. The molecule has 0 aliphatic heterocycles. The molecule has 0 saturated heterocycles. The van der Waals surface area contributed by atoms with E-state index in [1.54, 1.807) is 18.2 Å². The number of halogens is 2. The van der Waals surface area contributed by atoms with Gasteiger partial charge in [0.05, 0.1) is 29.5 Å². The molecule has 0 bridgehead atoms. The van der Waals surface area contributed by atoms with Crippen LogP contribution < -0.4 is 10.3 Å². The first-order valence-corrected chi connectivity index (χ1v) is 11.6. The summed E-state index contributed by atoms with van der Waals surface area (Å²) in [6.45, 7) is 2.07. The molecule has 0 saturated carbocycles. The molecular weight excluding hydrogens is 449 g/mol. The maximum atomic E-state index is 12.8. The molecule has 1 heterocycles. The second kappa shape index (κ2) is 9.16.